The third-order valence-corrected chi connectivity index (χ3v) is 3.87. The zero-order valence-corrected chi connectivity index (χ0v) is 12.1. The van der Waals surface area contributed by atoms with Gasteiger partial charge in [0.25, 0.3) is 0 Å². The van der Waals surface area contributed by atoms with E-state index in [-0.39, 0.29) is 11.3 Å². The largest absolute Gasteiger partial charge is 0.378 e. The molecule has 1 aliphatic rings. The highest BCUT2D eigenvalue weighted by molar-refractivity contribution is 5.97. The topological polar surface area (TPSA) is 29.5 Å². The summed E-state index contributed by atoms with van der Waals surface area (Å²) in [5, 5.41) is 0. The number of Topliss-reactive ketones (excluding diaryl/α,β-unsaturated/α-hetero) is 1. The summed E-state index contributed by atoms with van der Waals surface area (Å²) in [7, 11) is 0. The first-order valence-electron chi connectivity index (χ1n) is 6.92. The van der Waals surface area contributed by atoms with Gasteiger partial charge in [-0.05, 0) is 26.3 Å². The summed E-state index contributed by atoms with van der Waals surface area (Å²) in [5.74, 6) is 0.236. The smallest absolute Gasteiger partial charge is 0.164 e. The zero-order chi connectivity index (χ0) is 13.9. The van der Waals surface area contributed by atoms with Crippen molar-refractivity contribution in [1.29, 1.82) is 0 Å². The normalized spacial score (nSPS) is 19.3. The quantitative estimate of drug-likeness (QED) is 0.780. The van der Waals surface area contributed by atoms with Crippen molar-refractivity contribution in [2.24, 2.45) is 0 Å². The molecular weight excluding hydrogens is 238 g/mol. The van der Waals surface area contributed by atoms with Gasteiger partial charge >= 0.3 is 0 Å². The maximum absolute atomic E-state index is 12.3. The van der Waals surface area contributed by atoms with Crippen LogP contribution in [-0.4, -0.2) is 42.5 Å². The Kier molecular flexibility index (Phi) is 4.38. The maximum atomic E-state index is 12.3. The van der Waals surface area contributed by atoms with Gasteiger partial charge in [-0.2, -0.15) is 0 Å². The first kappa shape index (κ1) is 14.2. The molecule has 1 heterocycles. The summed E-state index contributed by atoms with van der Waals surface area (Å²) in [5.41, 5.74) is 1.95. The van der Waals surface area contributed by atoms with Crippen LogP contribution in [0.4, 0.5) is 0 Å². The predicted octanol–water partition coefficient (Wildman–Crippen LogP) is 2.68. The van der Waals surface area contributed by atoms with Gasteiger partial charge in [-0.25, -0.2) is 0 Å². The molecule has 1 aromatic rings. The Hall–Kier alpha value is -1.19. The molecule has 104 valence electrons. The summed E-state index contributed by atoms with van der Waals surface area (Å²) in [6, 6.07) is 7.81. The molecule has 0 saturated carbocycles. The van der Waals surface area contributed by atoms with E-state index >= 15 is 0 Å². The van der Waals surface area contributed by atoms with E-state index in [1.54, 1.807) is 0 Å². The number of rotatable bonds is 4. The van der Waals surface area contributed by atoms with Gasteiger partial charge in [0, 0.05) is 30.6 Å². The summed E-state index contributed by atoms with van der Waals surface area (Å²) < 4.78 is 5.50. The molecule has 1 saturated heterocycles. The van der Waals surface area contributed by atoms with Gasteiger partial charge in [0.05, 0.1) is 13.2 Å². The number of morpholine rings is 1. The van der Waals surface area contributed by atoms with Crippen molar-refractivity contribution < 1.29 is 9.53 Å². The van der Waals surface area contributed by atoms with Crippen LogP contribution in [0.5, 0.6) is 0 Å². The molecule has 3 heteroatoms. The lowest BCUT2D eigenvalue weighted by molar-refractivity contribution is -0.0502. The number of ether oxygens (including phenoxy) is 1. The number of ketones is 1. The first-order valence-corrected chi connectivity index (χ1v) is 6.92. The molecule has 19 heavy (non-hydrogen) atoms. The monoisotopic (exact) mass is 261 g/mol. The van der Waals surface area contributed by atoms with Crippen LogP contribution in [0.2, 0.25) is 0 Å². The van der Waals surface area contributed by atoms with Crippen LogP contribution in [0.15, 0.2) is 24.3 Å². The first-order chi connectivity index (χ1) is 9.00. The zero-order valence-electron chi connectivity index (χ0n) is 12.1. The summed E-state index contributed by atoms with van der Waals surface area (Å²) >= 11 is 0. The number of benzene rings is 1. The Bertz CT molecular complexity index is 454. The Labute approximate surface area is 115 Å². The highest BCUT2D eigenvalue weighted by Crippen LogP contribution is 2.20. The second-order valence-corrected chi connectivity index (χ2v) is 5.84. The minimum Gasteiger partial charge on any atom is -0.378 e. The molecule has 0 bridgehead atoms. The van der Waals surface area contributed by atoms with E-state index in [9.17, 15) is 4.79 Å². The molecule has 0 radical (unpaired) electrons. The van der Waals surface area contributed by atoms with Gasteiger partial charge in [0.15, 0.2) is 5.78 Å². The van der Waals surface area contributed by atoms with Crippen molar-refractivity contribution in [2.75, 3.05) is 26.3 Å². The van der Waals surface area contributed by atoms with Gasteiger partial charge in [-0.1, -0.05) is 24.3 Å². The number of aryl methyl sites for hydroxylation is 1. The number of hydrogen-bond acceptors (Lipinski definition) is 3. The Morgan fingerprint density at radius 1 is 1.37 bits per heavy atom. The average molecular weight is 261 g/mol. The van der Waals surface area contributed by atoms with E-state index in [1.807, 2.05) is 31.2 Å². The van der Waals surface area contributed by atoms with Crippen LogP contribution in [0.3, 0.4) is 0 Å². The fourth-order valence-corrected chi connectivity index (χ4v) is 2.56. The number of nitrogens with zero attached hydrogens (tertiary/aromatic N) is 1. The molecule has 2 rings (SSSR count). The van der Waals surface area contributed by atoms with Crippen LogP contribution in [0.1, 0.15) is 36.2 Å². The molecule has 0 spiro atoms. The Morgan fingerprint density at radius 3 is 2.79 bits per heavy atom. The van der Waals surface area contributed by atoms with Crippen molar-refractivity contribution in [2.45, 2.75) is 32.7 Å². The lowest BCUT2D eigenvalue weighted by Crippen LogP contribution is -2.53. The number of carbonyl (C=O) groups excluding carboxylic acids is 1. The standard InChI is InChI=1S/C16H23NO2/c1-13-6-4-5-7-14(13)15(18)8-9-17-10-11-19-12-16(17,2)3/h4-7H,8-12H2,1-3H3. The van der Waals surface area contributed by atoms with Crippen molar-refractivity contribution in [3.63, 3.8) is 0 Å². The van der Waals surface area contributed by atoms with Crippen molar-refractivity contribution in [3.05, 3.63) is 35.4 Å². The van der Waals surface area contributed by atoms with Crippen molar-refractivity contribution in [1.82, 2.24) is 4.90 Å². The number of carbonyl (C=O) groups is 1. The molecule has 0 amide bonds. The SMILES string of the molecule is Cc1ccccc1C(=O)CCN1CCOCC1(C)C. The lowest BCUT2D eigenvalue weighted by atomic mass is 9.99. The van der Waals surface area contributed by atoms with E-state index in [4.69, 9.17) is 4.74 Å². The maximum Gasteiger partial charge on any atom is 0.164 e. The third kappa shape index (κ3) is 3.43. The summed E-state index contributed by atoms with van der Waals surface area (Å²) in [6.07, 6.45) is 0.578. The molecule has 1 aliphatic heterocycles. The van der Waals surface area contributed by atoms with Crippen LogP contribution < -0.4 is 0 Å². The van der Waals surface area contributed by atoms with Gasteiger partial charge in [-0.15, -0.1) is 0 Å². The predicted molar refractivity (Wildman–Crippen MR) is 76.6 cm³/mol. The molecule has 0 aromatic heterocycles. The highest BCUT2D eigenvalue weighted by atomic mass is 16.5. The van der Waals surface area contributed by atoms with Crippen molar-refractivity contribution >= 4 is 5.78 Å². The van der Waals surface area contributed by atoms with Gasteiger partial charge in [0.1, 0.15) is 0 Å². The molecule has 0 unspecified atom stereocenters. The fraction of sp³-hybridized carbons (Fsp3) is 0.562. The van der Waals surface area contributed by atoms with Crippen LogP contribution in [0, 0.1) is 6.92 Å². The van der Waals surface area contributed by atoms with Crippen molar-refractivity contribution in [3.8, 4) is 0 Å². The molecule has 1 fully saturated rings. The van der Waals surface area contributed by atoms with Crippen LogP contribution in [-0.2, 0) is 4.74 Å². The molecule has 0 N–H and O–H groups in total. The van der Waals surface area contributed by atoms with Crippen LogP contribution in [0.25, 0.3) is 0 Å². The minimum atomic E-state index is 0.0320. The molecule has 3 nitrogen and oxygen atoms in total. The van der Waals surface area contributed by atoms with E-state index in [0.29, 0.717) is 6.42 Å². The average Bonchev–Trinajstić information content (AvgIpc) is 2.37. The van der Waals surface area contributed by atoms with E-state index in [2.05, 4.69) is 18.7 Å². The van der Waals surface area contributed by atoms with Gasteiger partial charge in [-0.3, -0.25) is 9.69 Å². The lowest BCUT2D eigenvalue weighted by Gasteiger charge is -2.42. The molecular formula is C16H23NO2. The van der Waals surface area contributed by atoms with E-state index in [1.165, 1.54) is 0 Å². The summed E-state index contributed by atoms with van der Waals surface area (Å²) in [6.45, 7) is 9.56. The Morgan fingerprint density at radius 2 is 2.11 bits per heavy atom. The Balaban J connectivity index is 1.95. The molecule has 1 aromatic carbocycles. The third-order valence-electron chi connectivity index (χ3n) is 3.87. The second-order valence-electron chi connectivity index (χ2n) is 5.84. The van der Waals surface area contributed by atoms with Gasteiger partial charge in [0.2, 0.25) is 0 Å². The van der Waals surface area contributed by atoms with E-state index in [0.717, 1.165) is 37.4 Å². The molecule has 0 atom stereocenters. The second kappa shape index (κ2) is 5.85. The van der Waals surface area contributed by atoms with Gasteiger partial charge < -0.3 is 4.74 Å². The van der Waals surface area contributed by atoms with E-state index < -0.39 is 0 Å². The van der Waals surface area contributed by atoms with Crippen LogP contribution >= 0.6 is 0 Å². The molecule has 0 aliphatic carbocycles. The number of hydrogen-bond donors (Lipinski definition) is 0. The fourth-order valence-electron chi connectivity index (χ4n) is 2.56. The highest BCUT2D eigenvalue weighted by Gasteiger charge is 2.30. The summed E-state index contributed by atoms with van der Waals surface area (Å²) in [4.78, 5) is 14.6. The minimum absolute atomic E-state index is 0.0320.